The van der Waals surface area contributed by atoms with Crippen molar-refractivity contribution in [1.29, 1.82) is 5.41 Å². The van der Waals surface area contributed by atoms with E-state index in [-0.39, 0.29) is 5.49 Å². The lowest BCUT2D eigenvalue weighted by atomic mass is 10.1. The molecule has 1 heterocycles. The fourth-order valence-corrected chi connectivity index (χ4v) is 1.29. The van der Waals surface area contributed by atoms with Gasteiger partial charge in [-0.1, -0.05) is 30.3 Å². The lowest BCUT2D eigenvalue weighted by Gasteiger charge is -2.02. The first-order valence-corrected chi connectivity index (χ1v) is 4.29. The van der Waals surface area contributed by atoms with Crippen LogP contribution in [0.1, 0.15) is 0 Å². The summed E-state index contributed by atoms with van der Waals surface area (Å²) < 4.78 is 0.808. The van der Waals surface area contributed by atoms with Crippen LogP contribution >= 0.6 is 0 Å². The average Bonchev–Trinajstić information content (AvgIpc) is 2.23. The first-order valence-electron chi connectivity index (χ1n) is 4.29. The van der Waals surface area contributed by atoms with Crippen molar-refractivity contribution >= 4 is 0 Å². The maximum atomic E-state index is 9.29. The molecule has 0 radical (unpaired) electrons. The molecule has 70 valence electrons. The number of benzene rings is 1. The molecule has 0 bridgehead atoms. The van der Waals surface area contributed by atoms with Crippen molar-refractivity contribution in [1.82, 2.24) is 4.73 Å². The molecule has 0 aliphatic rings. The first kappa shape index (κ1) is 8.56. The van der Waals surface area contributed by atoms with E-state index < -0.39 is 0 Å². The number of nitrogens with zero attached hydrogens (tertiary/aromatic N) is 1. The Balaban J connectivity index is 2.54. The van der Waals surface area contributed by atoms with Crippen molar-refractivity contribution < 1.29 is 5.21 Å². The highest BCUT2D eigenvalue weighted by Gasteiger charge is 1.97. The second-order valence-corrected chi connectivity index (χ2v) is 3.01. The van der Waals surface area contributed by atoms with Crippen LogP contribution in [0.15, 0.2) is 48.7 Å². The van der Waals surface area contributed by atoms with Gasteiger partial charge in [0.1, 0.15) is 0 Å². The van der Waals surface area contributed by atoms with E-state index in [9.17, 15) is 5.21 Å². The molecule has 0 aliphatic carbocycles. The highest BCUT2D eigenvalue weighted by atomic mass is 16.5. The van der Waals surface area contributed by atoms with Crippen LogP contribution in [0.2, 0.25) is 0 Å². The zero-order chi connectivity index (χ0) is 9.97. The molecule has 0 amide bonds. The van der Waals surface area contributed by atoms with Crippen LogP contribution in [0.25, 0.3) is 11.1 Å². The Morgan fingerprint density at radius 1 is 0.929 bits per heavy atom. The summed E-state index contributed by atoms with van der Waals surface area (Å²) in [5.74, 6) is 0. The summed E-state index contributed by atoms with van der Waals surface area (Å²) in [4.78, 5) is 0. The van der Waals surface area contributed by atoms with Crippen LogP contribution in [-0.4, -0.2) is 9.94 Å². The summed E-state index contributed by atoms with van der Waals surface area (Å²) >= 11 is 0. The fraction of sp³-hybridized carbons (Fsp3) is 0. The molecular formula is C11H10N2O. The Morgan fingerprint density at radius 2 is 1.64 bits per heavy atom. The molecule has 0 atom stereocenters. The van der Waals surface area contributed by atoms with E-state index in [1.807, 2.05) is 36.4 Å². The molecular weight excluding hydrogens is 176 g/mol. The lowest BCUT2D eigenvalue weighted by molar-refractivity contribution is 0.171. The van der Waals surface area contributed by atoms with Gasteiger partial charge in [-0.15, -0.1) is 0 Å². The minimum absolute atomic E-state index is 0.0738. The van der Waals surface area contributed by atoms with Gasteiger partial charge in [-0.3, -0.25) is 5.41 Å². The topological polar surface area (TPSA) is 49.0 Å². The number of hydrogen-bond donors (Lipinski definition) is 2. The summed E-state index contributed by atoms with van der Waals surface area (Å²) in [6.45, 7) is 0. The lowest BCUT2D eigenvalue weighted by Crippen LogP contribution is -2.15. The normalized spacial score (nSPS) is 10.0. The monoisotopic (exact) mass is 186 g/mol. The van der Waals surface area contributed by atoms with Gasteiger partial charge in [0.2, 0.25) is 0 Å². The van der Waals surface area contributed by atoms with Crippen LogP contribution < -0.4 is 5.49 Å². The van der Waals surface area contributed by atoms with Crippen LogP contribution in [0.4, 0.5) is 0 Å². The van der Waals surface area contributed by atoms with Crippen molar-refractivity contribution in [2.75, 3.05) is 0 Å². The van der Waals surface area contributed by atoms with Gasteiger partial charge in [-0.2, -0.15) is 4.73 Å². The van der Waals surface area contributed by atoms with Crippen LogP contribution in [0, 0.1) is 5.41 Å². The van der Waals surface area contributed by atoms with Gasteiger partial charge in [0.25, 0.3) is 0 Å². The van der Waals surface area contributed by atoms with Crippen LogP contribution in [-0.2, 0) is 0 Å². The molecule has 0 spiro atoms. The van der Waals surface area contributed by atoms with Gasteiger partial charge in [-0.05, 0) is 17.7 Å². The summed E-state index contributed by atoms with van der Waals surface area (Å²) in [5.41, 5.74) is 1.99. The van der Waals surface area contributed by atoms with Crippen LogP contribution in [0.3, 0.4) is 0 Å². The van der Waals surface area contributed by atoms with Gasteiger partial charge in [0, 0.05) is 5.56 Å². The number of rotatable bonds is 1. The quantitative estimate of drug-likeness (QED) is 0.656. The summed E-state index contributed by atoms with van der Waals surface area (Å²) in [6.07, 6.45) is 1.53. The third-order valence-electron chi connectivity index (χ3n) is 2.04. The molecule has 0 unspecified atom stereocenters. The SMILES string of the molecule is N=c1ccc(-c2ccccc2)cn1O. The van der Waals surface area contributed by atoms with Gasteiger partial charge >= 0.3 is 0 Å². The molecule has 0 aliphatic heterocycles. The highest BCUT2D eigenvalue weighted by Crippen LogP contribution is 2.16. The predicted molar refractivity (Wildman–Crippen MR) is 52.9 cm³/mol. The predicted octanol–water partition coefficient (Wildman–Crippen LogP) is 1.87. The zero-order valence-electron chi connectivity index (χ0n) is 7.51. The van der Waals surface area contributed by atoms with Crippen molar-refractivity contribution in [2.45, 2.75) is 0 Å². The largest absolute Gasteiger partial charge is 0.427 e. The van der Waals surface area contributed by atoms with Crippen LogP contribution in [0.5, 0.6) is 0 Å². The van der Waals surface area contributed by atoms with Gasteiger partial charge < -0.3 is 5.21 Å². The van der Waals surface area contributed by atoms with E-state index in [4.69, 9.17) is 5.41 Å². The minimum atomic E-state index is 0.0738. The maximum absolute atomic E-state index is 9.29. The Kier molecular flexibility index (Phi) is 2.07. The third kappa shape index (κ3) is 1.52. The van der Waals surface area contributed by atoms with E-state index in [1.54, 1.807) is 6.07 Å². The number of nitrogens with one attached hydrogen (secondary N) is 1. The fourth-order valence-electron chi connectivity index (χ4n) is 1.29. The van der Waals surface area contributed by atoms with Crippen molar-refractivity contribution in [2.24, 2.45) is 0 Å². The number of hydrogen-bond acceptors (Lipinski definition) is 2. The Hall–Kier alpha value is -2.03. The maximum Gasteiger partial charge on any atom is 0.160 e. The molecule has 0 saturated heterocycles. The second-order valence-electron chi connectivity index (χ2n) is 3.01. The van der Waals surface area contributed by atoms with Gasteiger partial charge in [-0.25, -0.2) is 0 Å². The Bertz CT molecular complexity index is 488. The van der Waals surface area contributed by atoms with Gasteiger partial charge in [0.15, 0.2) is 5.49 Å². The Labute approximate surface area is 81.4 Å². The highest BCUT2D eigenvalue weighted by molar-refractivity contribution is 5.61. The molecule has 0 fully saturated rings. The summed E-state index contributed by atoms with van der Waals surface area (Å²) in [6, 6.07) is 13.1. The van der Waals surface area contributed by atoms with E-state index in [0.717, 1.165) is 15.9 Å². The zero-order valence-corrected chi connectivity index (χ0v) is 7.51. The average molecular weight is 186 g/mol. The molecule has 2 N–H and O–H groups in total. The van der Waals surface area contributed by atoms with E-state index in [2.05, 4.69) is 0 Å². The summed E-state index contributed by atoms with van der Waals surface area (Å²) in [7, 11) is 0. The molecule has 2 aromatic rings. The minimum Gasteiger partial charge on any atom is -0.427 e. The Morgan fingerprint density at radius 3 is 2.29 bits per heavy atom. The van der Waals surface area contributed by atoms with Crippen molar-refractivity contribution in [3.05, 3.63) is 54.1 Å². The number of pyridine rings is 1. The second kappa shape index (κ2) is 3.38. The van der Waals surface area contributed by atoms with Crippen molar-refractivity contribution in [3.8, 4) is 11.1 Å². The van der Waals surface area contributed by atoms with E-state index >= 15 is 0 Å². The van der Waals surface area contributed by atoms with Gasteiger partial charge in [0.05, 0.1) is 6.20 Å². The molecule has 0 saturated carbocycles. The van der Waals surface area contributed by atoms with E-state index in [0.29, 0.717) is 0 Å². The van der Waals surface area contributed by atoms with E-state index in [1.165, 1.54) is 6.20 Å². The molecule has 2 rings (SSSR count). The summed E-state index contributed by atoms with van der Waals surface area (Å²) in [5, 5.41) is 16.6. The molecule has 14 heavy (non-hydrogen) atoms. The molecule has 3 nitrogen and oxygen atoms in total. The number of aromatic nitrogens is 1. The third-order valence-corrected chi connectivity index (χ3v) is 2.04. The van der Waals surface area contributed by atoms with Crippen molar-refractivity contribution in [3.63, 3.8) is 0 Å². The molecule has 1 aromatic carbocycles. The standard InChI is InChI=1S/C11H10N2O/c12-11-7-6-10(8-13(11)14)9-4-2-1-3-5-9/h1-8,12,14H. The smallest absolute Gasteiger partial charge is 0.160 e. The molecule has 3 heteroatoms. The first-order chi connectivity index (χ1) is 6.77. The molecule has 1 aromatic heterocycles.